The van der Waals surface area contributed by atoms with Crippen LogP contribution in [-0.4, -0.2) is 56.9 Å². The molecule has 2 rings (SSSR count). The summed E-state index contributed by atoms with van der Waals surface area (Å²) in [7, 11) is -0.245. The van der Waals surface area contributed by atoms with Gasteiger partial charge in [-0.3, -0.25) is 4.90 Å². The highest BCUT2D eigenvalue weighted by Gasteiger charge is 2.22. The van der Waals surface area contributed by atoms with Crippen LogP contribution in [-0.2, 0) is 16.6 Å². The van der Waals surface area contributed by atoms with Crippen LogP contribution in [0.2, 0.25) is 0 Å². The van der Waals surface area contributed by atoms with Gasteiger partial charge in [0.25, 0.3) is 0 Å². The fourth-order valence-electron chi connectivity index (χ4n) is 2.84. The topological polar surface area (TPSA) is 52.7 Å². The molecule has 0 amide bonds. The van der Waals surface area contributed by atoms with Gasteiger partial charge in [-0.15, -0.1) is 0 Å². The number of sulfonamides is 1. The van der Waals surface area contributed by atoms with Crippen LogP contribution in [0.15, 0.2) is 29.2 Å². The van der Waals surface area contributed by atoms with E-state index in [2.05, 4.69) is 24.1 Å². The Morgan fingerprint density at radius 1 is 1.24 bits per heavy atom. The van der Waals surface area contributed by atoms with Crippen LogP contribution in [0.5, 0.6) is 0 Å². The van der Waals surface area contributed by atoms with Crippen molar-refractivity contribution < 1.29 is 8.42 Å². The van der Waals surface area contributed by atoms with E-state index >= 15 is 0 Å². The summed E-state index contributed by atoms with van der Waals surface area (Å²) in [5.41, 5.74) is 1.04. The predicted octanol–water partition coefficient (Wildman–Crippen LogP) is 1.12. The predicted molar refractivity (Wildman–Crippen MR) is 84.7 cm³/mol. The van der Waals surface area contributed by atoms with Crippen molar-refractivity contribution in [1.82, 2.24) is 14.5 Å². The normalized spacial score (nSPS) is 24.4. The molecule has 0 aromatic heterocycles. The molecule has 0 bridgehead atoms. The number of rotatable bonds is 4. The quantitative estimate of drug-likeness (QED) is 0.905. The van der Waals surface area contributed by atoms with E-state index < -0.39 is 10.0 Å². The van der Waals surface area contributed by atoms with Crippen molar-refractivity contribution in [3.05, 3.63) is 29.8 Å². The summed E-state index contributed by atoms with van der Waals surface area (Å²) >= 11 is 0. The smallest absolute Gasteiger partial charge is 0.242 e. The largest absolute Gasteiger partial charge is 0.309 e. The van der Waals surface area contributed by atoms with E-state index in [1.54, 1.807) is 26.2 Å². The molecule has 1 aliphatic rings. The lowest BCUT2D eigenvalue weighted by Gasteiger charge is -2.36. The standard InChI is InChI=1S/C15H25N3O2S/c1-12-9-18(10-13(2)16-12)11-14-6-5-7-15(8-14)21(19,20)17(3)4/h5-8,12-13,16H,9-11H2,1-4H3. The zero-order valence-corrected chi connectivity index (χ0v) is 14.0. The Balaban J connectivity index is 2.15. The molecule has 1 fully saturated rings. The van der Waals surface area contributed by atoms with Gasteiger partial charge in [-0.05, 0) is 31.5 Å². The summed E-state index contributed by atoms with van der Waals surface area (Å²) in [6.45, 7) is 7.10. The molecule has 2 unspecified atom stereocenters. The van der Waals surface area contributed by atoms with Crippen LogP contribution in [0.4, 0.5) is 0 Å². The molecule has 1 heterocycles. The Kier molecular flexibility index (Phi) is 5.03. The van der Waals surface area contributed by atoms with Crippen LogP contribution >= 0.6 is 0 Å². The number of nitrogens with zero attached hydrogens (tertiary/aromatic N) is 2. The Labute approximate surface area is 128 Å². The van der Waals surface area contributed by atoms with Crippen LogP contribution in [0.25, 0.3) is 0 Å². The monoisotopic (exact) mass is 311 g/mol. The van der Waals surface area contributed by atoms with Gasteiger partial charge >= 0.3 is 0 Å². The zero-order chi connectivity index (χ0) is 15.6. The number of nitrogens with one attached hydrogen (secondary N) is 1. The summed E-state index contributed by atoms with van der Waals surface area (Å²) in [5, 5.41) is 3.50. The molecular weight excluding hydrogens is 286 g/mol. The number of benzene rings is 1. The number of hydrogen-bond donors (Lipinski definition) is 1. The maximum Gasteiger partial charge on any atom is 0.242 e. The molecule has 0 saturated carbocycles. The average molecular weight is 311 g/mol. The van der Waals surface area contributed by atoms with E-state index in [0.29, 0.717) is 17.0 Å². The summed E-state index contributed by atoms with van der Waals surface area (Å²) < 4.78 is 25.6. The third-order valence-electron chi connectivity index (χ3n) is 3.72. The summed E-state index contributed by atoms with van der Waals surface area (Å²) in [5.74, 6) is 0. The van der Waals surface area contributed by atoms with E-state index in [4.69, 9.17) is 0 Å². The fourth-order valence-corrected chi connectivity index (χ4v) is 3.82. The summed E-state index contributed by atoms with van der Waals surface area (Å²) in [4.78, 5) is 2.73. The third-order valence-corrected chi connectivity index (χ3v) is 5.53. The molecule has 118 valence electrons. The van der Waals surface area contributed by atoms with Gasteiger partial charge < -0.3 is 5.32 Å². The van der Waals surface area contributed by atoms with Crippen LogP contribution < -0.4 is 5.32 Å². The molecule has 1 aliphatic heterocycles. The maximum absolute atomic E-state index is 12.2. The summed E-state index contributed by atoms with van der Waals surface area (Å²) in [6.07, 6.45) is 0. The lowest BCUT2D eigenvalue weighted by Crippen LogP contribution is -2.53. The Morgan fingerprint density at radius 3 is 2.43 bits per heavy atom. The highest BCUT2D eigenvalue weighted by molar-refractivity contribution is 7.89. The van der Waals surface area contributed by atoms with Crippen molar-refractivity contribution in [3.63, 3.8) is 0 Å². The lowest BCUT2D eigenvalue weighted by molar-refractivity contribution is 0.166. The molecule has 0 aliphatic carbocycles. The molecule has 5 nitrogen and oxygen atoms in total. The Bertz CT molecular complexity index is 576. The molecule has 6 heteroatoms. The van der Waals surface area contributed by atoms with Gasteiger partial charge in [-0.25, -0.2) is 12.7 Å². The van der Waals surface area contributed by atoms with Gasteiger partial charge in [0.2, 0.25) is 10.0 Å². The Morgan fingerprint density at radius 2 is 1.86 bits per heavy atom. The SMILES string of the molecule is CC1CN(Cc2cccc(S(=O)(=O)N(C)C)c2)CC(C)N1. The van der Waals surface area contributed by atoms with Crippen molar-refractivity contribution in [2.45, 2.75) is 37.4 Å². The molecule has 2 atom stereocenters. The van der Waals surface area contributed by atoms with E-state index in [1.165, 1.54) is 4.31 Å². The van der Waals surface area contributed by atoms with E-state index in [-0.39, 0.29) is 0 Å². The second-order valence-electron chi connectivity index (χ2n) is 6.10. The molecule has 1 saturated heterocycles. The highest BCUT2D eigenvalue weighted by Crippen LogP contribution is 2.17. The molecule has 1 aromatic carbocycles. The van der Waals surface area contributed by atoms with Gasteiger partial charge in [-0.2, -0.15) is 0 Å². The van der Waals surface area contributed by atoms with Crippen molar-refractivity contribution in [2.24, 2.45) is 0 Å². The van der Waals surface area contributed by atoms with E-state index in [9.17, 15) is 8.42 Å². The van der Waals surface area contributed by atoms with Gasteiger partial charge in [0.1, 0.15) is 0 Å². The first-order chi connectivity index (χ1) is 9.79. The van der Waals surface area contributed by atoms with Crippen LogP contribution in [0.1, 0.15) is 19.4 Å². The molecule has 21 heavy (non-hydrogen) atoms. The minimum absolute atomic E-state index is 0.362. The average Bonchev–Trinajstić information content (AvgIpc) is 2.37. The van der Waals surface area contributed by atoms with Gasteiger partial charge in [0.15, 0.2) is 0 Å². The molecule has 0 radical (unpaired) electrons. The van der Waals surface area contributed by atoms with E-state index in [0.717, 1.165) is 25.2 Å². The second-order valence-corrected chi connectivity index (χ2v) is 8.25. The van der Waals surface area contributed by atoms with Crippen molar-refractivity contribution >= 4 is 10.0 Å². The van der Waals surface area contributed by atoms with Crippen molar-refractivity contribution in [2.75, 3.05) is 27.2 Å². The number of piperazine rings is 1. The van der Waals surface area contributed by atoms with Gasteiger partial charge in [0.05, 0.1) is 4.90 Å². The van der Waals surface area contributed by atoms with Crippen molar-refractivity contribution in [3.8, 4) is 0 Å². The third kappa shape index (κ3) is 4.03. The van der Waals surface area contributed by atoms with Gasteiger partial charge in [-0.1, -0.05) is 12.1 Å². The van der Waals surface area contributed by atoms with Crippen LogP contribution in [0.3, 0.4) is 0 Å². The first kappa shape index (κ1) is 16.4. The van der Waals surface area contributed by atoms with Crippen molar-refractivity contribution in [1.29, 1.82) is 0 Å². The molecule has 1 N–H and O–H groups in total. The minimum Gasteiger partial charge on any atom is -0.309 e. The molecular formula is C15H25N3O2S. The Hall–Kier alpha value is -0.950. The summed E-state index contributed by atoms with van der Waals surface area (Å²) in [6, 6.07) is 8.17. The fraction of sp³-hybridized carbons (Fsp3) is 0.600. The van der Waals surface area contributed by atoms with E-state index in [1.807, 2.05) is 12.1 Å². The highest BCUT2D eigenvalue weighted by atomic mass is 32.2. The molecule has 1 aromatic rings. The number of hydrogen-bond acceptors (Lipinski definition) is 4. The molecule has 0 spiro atoms. The maximum atomic E-state index is 12.2. The van der Waals surface area contributed by atoms with Crippen LogP contribution in [0, 0.1) is 0 Å². The second kappa shape index (κ2) is 6.44. The lowest BCUT2D eigenvalue weighted by atomic mass is 10.1. The van der Waals surface area contributed by atoms with Gasteiger partial charge in [0, 0.05) is 45.8 Å². The minimum atomic E-state index is -3.36. The first-order valence-electron chi connectivity index (χ1n) is 7.29. The first-order valence-corrected chi connectivity index (χ1v) is 8.73. The zero-order valence-electron chi connectivity index (χ0n) is 13.2.